The zero-order valence-electron chi connectivity index (χ0n) is 15.1. The molecule has 0 spiro atoms. The molecule has 2 aromatic rings. The van der Waals surface area contributed by atoms with E-state index < -0.39 is 9.84 Å². The maximum Gasteiger partial charge on any atom is 0.251 e. The molecule has 6 nitrogen and oxygen atoms in total. The number of furan rings is 1. The van der Waals surface area contributed by atoms with Crippen molar-refractivity contribution >= 4 is 15.7 Å². The van der Waals surface area contributed by atoms with Crippen LogP contribution in [0, 0.1) is 6.92 Å². The van der Waals surface area contributed by atoms with Crippen LogP contribution in [0.3, 0.4) is 0 Å². The van der Waals surface area contributed by atoms with Gasteiger partial charge in [-0.25, -0.2) is 8.42 Å². The molecule has 1 amide bonds. The maximum absolute atomic E-state index is 12.5. The minimum Gasteiger partial charge on any atom is -0.464 e. The van der Waals surface area contributed by atoms with Crippen LogP contribution in [0.5, 0.6) is 0 Å². The van der Waals surface area contributed by atoms with E-state index in [0.29, 0.717) is 25.2 Å². The van der Waals surface area contributed by atoms with Crippen LogP contribution in [0.4, 0.5) is 0 Å². The smallest absolute Gasteiger partial charge is 0.251 e. The number of rotatable bonds is 5. The van der Waals surface area contributed by atoms with Crippen LogP contribution in [0.1, 0.15) is 40.4 Å². The first kappa shape index (κ1) is 18.7. The van der Waals surface area contributed by atoms with Gasteiger partial charge in [-0.05, 0) is 43.7 Å². The van der Waals surface area contributed by atoms with E-state index in [1.165, 1.54) is 0 Å². The Hall–Kier alpha value is -2.12. The highest BCUT2D eigenvalue weighted by atomic mass is 32.2. The second kappa shape index (κ2) is 7.63. The Kier molecular flexibility index (Phi) is 5.48. The summed E-state index contributed by atoms with van der Waals surface area (Å²) in [5.41, 5.74) is 1.58. The first-order chi connectivity index (χ1) is 12.3. The molecule has 1 atom stereocenters. The highest BCUT2D eigenvalue weighted by Gasteiger charge is 2.21. The number of benzene rings is 1. The average Bonchev–Trinajstić information content (AvgIpc) is 3.04. The minimum atomic E-state index is -2.88. The number of amides is 1. The van der Waals surface area contributed by atoms with Crippen LogP contribution in [-0.4, -0.2) is 43.8 Å². The second-order valence-electron chi connectivity index (χ2n) is 6.77. The van der Waals surface area contributed by atoms with Gasteiger partial charge in [0.05, 0.1) is 17.5 Å². The lowest BCUT2D eigenvalue weighted by atomic mass is 10.1. The van der Waals surface area contributed by atoms with Crippen molar-refractivity contribution in [2.75, 3.05) is 24.6 Å². The third-order valence-corrected chi connectivity index (χ3v) is 6.18. The number of sulfone groups is 1. The fourth-order valence-electron chi connectivity index (χ4n) is 3.01. The Morgan fingerprint density at radius 1 is 1.23 bits per heavy atom. The van der Waals surface area contributed by atoms with Crippen LogP contribution in [0.25, 0.3) is 0 Å². The summed E-state index contributed by atoms with van der Waals surface area (Å²) in [6.07, 6.45) is 0. The van der Waals surface area contributed by atoms with Crippen molar-refractivity contribution in [2.24, 2.45) is 0 Å². The fraction of sp³-hybridized carbons (Fsp3) is 0.421. The molecule has 1 aliphatic heterocycles. The number of carbonyl (C=O) groups excluding carboxylic acids is 1. The molecule has 3 rings (SSSR count). The molecule has 26 heavy (non-hydrogen) atoms. The Morgan fingerprint density at radius 2 is 1.96 bits per heavy atom. The molecule has 1 N–H and O–H groups in total. The summed E-state index contributed by atoms with van der Waals surface area (Å²) in [7, 11) is -2.88. The molecule has 0 saturated carbocycles. The van der Waals surface area contributed by atoms with Gasteiger partial charge in [0.2, 0.25) is 0 Å². The number of nitrogens with one attached hydrogen (secondary N) is 1. The average molecular weight is 376 g/mol. The molecule has 0 aliphatic carbocycles. The molecule has 140 valence electrons. The summed E-state index contributed by atoms with van der Waals surface area (Å²) >= 11 is 0. The third kappa shape index (κ3) is 4.74. The predicted octanol–water partition coefficient (Wildman–Crippen LogP) is 2.31. The van der Waals surface area contributed by atoms with Gasteiger partial charge in [0.25, 0.3) is 5.91 Å². The summed E-state index contributed by atoms with van der Waals surface area (Å²) in [5.74, 6) is 1.78. The first-order valence-electron chi connectivity index (χ1n) is 8.71. The zero-order valence-corrected chi connectivity index (χ0v) is 15.9. The normalized spacial score (nSPS) is 18.4. The molecular formula is C19H24N2O4S. The summed E-state index contributed by atoms with van der Waals surface area (Å²) in [5, 5.41) is 2.94. The van der Waals surface area contributed by atoms with Crippen molar-refractivity contribution in [3.05, 3.63) is 59.0 Å². The number of carbonyl (C=O) groups is 1. The molecule has 0 unspecified atom stereocenters. The molecule has 1 fully saturated rings. The summed E-state index contributed by atoms with van der Waals surface area (Å²) in [6.45, 7) is 5.46. The summed E-state index contributed by atoms with van der Waals surface area (Å²) in [6, 6.07) is 11.0. The van der Waals surface area contributed by atoms with E-state index in [0.717, 1.165) is 17.1 Å². The topological polar surface area (TPSA) is 79.6 Å². The van der Waals surface area contributed by atoms with E-state index in [2.05, 4.69) is 10.2 Å². The fourth-order valence-corrected chi connectivity index (χ4v) is 4.29. The van der Waals surface area contributed by atoms with E-state index in [1.807, 2.05) is 44.2 Å². The molecule has 7 heteroatoms. The highest BCUT2D eigenvalue weighted by Crippen LogP contribution is 2.17. The Bertz CT molecular complexity index is 874. The van der Waals surface area contributed by atoms with Crippen molar-refractivity contribution in [1.82, 2.24) is 10.2 Å². The lowest BCUT2D eigenvalue weighted by molar-refractivity contribution is 0.0935. The monoisotopic (exact) mass is 376 g/mol. The number of aryl methyl sites for hydroxylation is 1. The Morgan fingerprint density at radius 3 is 2.62 bits per heavy atom. The van der Waals surface area contributed by atoms with Crippen molar-refractivity contribution in [3.8, 4) is 0 Å². The molecule has 0 radical (unpaired) electrons. The van der Waals surface area contributed by atoms with E-state index in [-0.39, 0.29) is 23.5 Å². The van der Waals surface area contributed by atoms with Crippen molar-refractivity contribution in [3.63, 3.8) is 0 Å². The van der Waals surface area contributed by atoms with E-state index in [9.17, 15) is 13.2 Å². The minimum absolute atomic E-state index is 0.158. The predicted molar refractivity (Wildman–Crippen MR) is 99.7 cm³/mol. The number of hydrogen-bond donors (Lipinski definition) is 1. The molecule has 1 aliphatic rings. The van der Waals surface area contributed by atoms with Crippen LogP contribution in [0.15, 0.2) is 40.8 Å². The van der Waals surface area contributed by atoms with Crippen LogP contribution in [-0.2, 0) is 16.4 Å². The Balaban J connectivity index is 1.62. The van der Waals surface area contributed by atoms with Gasteiger partial charge in [-0.1, -0.05) is 12.1 Å². The van der Waals surface area contributed by atoms with Crippen molar-refractivity contribution in [2.45, 2.75) is 26.4 Å². The molecule has 1 aromatic carbocycles. The second-order valence-corrected chi connectivity index (χ2v) is 9.08. The van der Waals surface area contributed by atoms with E-state index >= 15 is 0 Å². The molecular weight excluding hydrogens is 352 g/mol. The van der Waals surface area contributed by atoms with Crippen LogP contribution < -0.4 is 5.32 Å². The number of nitrogens with zero attached hydrogens (tertiary/aromatic N) is 1. The molecule has 2 heterocycles. The maximum atomic E-state index is 12.5. The van der Waals surface area contributed by atoms with Gasteiger partial charge in [0.1, 0.15) is 11.5 Å². The lowest BCUT2D eigenvalue weighted by Gasteiger charge is -2.26. The van der Waals surface area contributed by atoms with Gasteiger partial charge in [-0.15, -0.1) is 0 Å². The quantitative estimate of drug-likeness (QED) is 0.866. The van der Waals surface area contributed by atoms with Gasteiger partial charge in [0.15, 0.2) is 9.84 Å². The zero-order chi connectivity index (χ0) is 18.7. The third-order valence-electron chi connectivity index (χ3n) is 4.57. The van der Waals surface area contributed by atoms with Crippen LogP contribution >= 0.6 is 0 Å². The van der Waals surface area contributed by atoms with Crippen molar-refractivity contribution < 1.29 is 17.6 Å². The number of hydrogen-bond acceptors (Lipinski definition) is 5. The first-order valence-corrected chi connectivity index (χ1v) is 10.5. The largest absolute Gasteiger partial charge is 0.464 e. The molecule has 1 aromatic heterocycles. The van der Waals surface area contributed by atoms with Crippen molar-refractivity contribution in [1.29, 1.82) is 0 Å². The standard InChI is InChI=1S/C19H24N2O4S/c1-14-6-7-18(25-14)15(2)20-19(22)17-5-3-4-16(12-17)13-21-8-10-26(23,24)11-9-21/h3-7,12,15H,8-11,13H2,1-2H3,(H,20,22)/t15-/m0/s1. The van der Waals surface area contributed by atoms with Gasteiger partial charge in [-0.3, -0.25) is 9.69 Å². The summed E-state index contributed by atoms with van der Waals surface area (Å²) < 4.78 is 28.6. The molecule has 1 saturated heterocycles. The van der Waals surface area contributed by atoms with E-state index in [4.69, 9.17) is 4.42 Å². The van der Waals surface area contributed by atoms with Gasteiger partial charge < -0.3 is 9.73 Å². The Labute approximate surface area is 154 Å². The molecule has 0 bridgehead atoms. The van der Waals surface area contributed by atoms with Gasteiger partial charge in [-0.2, -0.15) is 0 Å². The van der Waals surface area contributed by atoms with Crippen LogP contribution in [0.2, 0.25) is 0 Å². The SMILES string of the molecule is Cc1ccc([C@H](C)NC(=O)c2cccc(CN3CCS(=O)(=O)CC3)c2)o1. The lowest BCUT2D eigenvalue weighted by Crippen LogP contribution is -2.39. The van der Waals surface area contributed by atoms with E-state index in [1.54, 1.807) is 6.07 Å². The highest BCUT2D eigenvalue weighted by molar-refractivity contribution is 7.91. The summed E-state index contributed by atoms with van der Waals surface area (Å²) in [4.78, 5) is 14.6. The van der Waals surface area contributed by atoms with Gasteiger partial charge in [0, 0.05) is 25.2 Å². The van der Waals surface area contributed by atoms with Gasteiger partial charge >= 0.3 is 0 Å².